The van der Waals surface area contributed by atoms with Crippen molar-refractivity contribution >= 4 is 12.0 Å². The van der Waals surface area contributed by atoms with Crippen LogP contribution in [0.3, 0.4) is 0 Å². The second-order valence-electron chi connectivity index (χ2n) is 3.46. The van der Waals surface area contributed by atoms with Crippen LogP contribution in [0.25, 0.3) is 6.08 Å². The van der Waals surface area contributed by atoms with E-state index in [0.29, 0.717) is 18.8 Å². The minimum atomic E-state index is -0.273. The molecule has 4 heteroatoms. The Morgan fingerprint density at radius 3 is 2.88 bits per heavy atom. The van der Waals surface area contributed by atoms with Crippen LogP contribution in [0.2, 0.25) is 0 Å². The van der Waals surface area contributed by atoms with Crippen LogP contribution in [0, 0.1) is 0 Å². The lowest BCUT2D eigenvalue weighted by Crippen LogP contribution is -1.98. The van der Waals surface area contributed by atoms with Crippen molar-refractivity contribution in [2.24, 2.45) is 0 Å². The standard InChI is InChI=1S/C13H16O4/c1-10(14)17-8-4-3-5-11-6-7-12(15)13(9-11)16-2/h3,5-7,9,15H,4,8H2,1-2H3/b5-3+. The Bertz CT molecular complexity index is 410. The molecule has 0 aliphatic carbocycles. The van der Waals surface area contributed by atoms with Crippen molar-refractivity contribution in [2.75, 3.05) is 13.7 Å². The highest BCUT2D eigenvalue weighted by Gasteiger charge is 1.99. The fourth-order valence-corrected chi connectivity index (χ4v) is 1.29. The van der Waals surface area contributed by atoms with Crippen molar-refractivity contribution < 1.29 is 19.4 Å². The molecule has 0 atom stereocenters. The lowest BCUT2D eigenvalue weighted by Gasteiger charge is -2.03. The number of esters is 1. The highest BCUT2D eigenvalue weighted by molar-refractivity contribution is 5.65. The van der Waals surface area contributed by atoms with E-state index in [4.69, 9.17) is 9.47 Å². The van der Waals surface area contributed by atoms with Gasteiger partial charge < -0.3 is 14.6 Å². The number of methoxy groups -OCH3 is 1. The van der Waals surface area contributed by atoms with Gasteiger partial charge in [0.15, 0.2) is 11.5 Å². The van der Waals surface area contributed by atoms with Crippen LogP contribution < -0.4 is 4.74 Å². The second-order valence-corrected chi connectivity index (χ2v) is 3.46. The molecule has 0 aliphatic rings. The maximum Gasteiger partial charge on any atom is 0.302 e. The molecule has 0 spiro atoms. The molecule has 0 saturated carbocycles. The lowest BCUT2D eigenvalue weighted by molar-refractivity contribution is -0.140. The summed E-state index contributed by atoms with van der Waals surface area (Å²) in [5.41, 5.74) is 0.919. The van der Waals surface area contributed by atoms with Crippen molar-refractivity contribution in [2.45, 2.75) is 13.3 Å². The van der Waals surface area contributed by atoms with E-state index in [1.165, 1.54) is 14.0 Å². The first kappa shape index (κ1) is 13.1. The fourth-order valence-electron chi connectivity index (χ4n) is 1.29. The van der Waals surface area contributed by atoms with E-state index in [-0.39, 0.29) is 11.7 Å². The van der Waals surface area contributed by atoms with Crippen LogP contribution in [-0.4, -0.2) is 24.8 Å². The summed E-state index contributed by atoms with van der Waals surface area (Å²) < 4.78 is 9.78. The van der Waals surface area contributed by atoms with Gasteiger partial charge in [-0.05, 0) is 24.1 Å². The molecule has 1 aromatic rings. The van der Waals surface area contributed by atoms with Gasteiger partial charge in [-0.3, -0.25) is 4.79 Å². The van der Waals surface area contributed by atoms with Crippen LogP contribution in [0.15, 0.2) is 24.3 Å². The molecule has 1 N–H and O–H groups in total. The third kappa shape index (κ3) is 4.59. The summed E-state index contributed by atoms with van der Waals surface area (Å²) >= 11 is 0. The SMILES string of the molecule is COc1cc(/C=C/CCOC(C)=O)ccc1O. The van der Waals surface area contributed by atoms with Gasteiger partial charge in [0.1, 0.15) is 0 Å². The molecular weight excluding hydrogens is 220 g/mol. The normalized spacial score (nSPS) is 10.5. The van der Waals surface area contributed by atoms with Gasteiger partial charge >= 0.3 is 5.97 Å². The second kappa shape index (κ2) is 6.58. The van der Waals surface area contributed by atoms with E-state index in [9.17, 15) is 9.90 Å². The van der Waals surface area contributed by atoms with E-state index < -0.39 is 0 Å². The summed E-state index contributed by atoms with van der Waals surface area (Å²) in [7, 11) is 1.50. The Labute approximate surface area is 100 Å². The number of ether oxygens (including phenoxy) is 2. The molecule has 0 aliphatic heterocycles. The minimum absolute atomic E-state index is 0.115. The third-order valence-electron chi connectivity index (χ3n) is 2.10. The summed E-state index contributed by atoms with van der Waals surface area (Å²) in [5.74, 6) is 0.279. The maximum absolute atomic E-state index is 10.5. The highest BCUT2D eigenvalue weighted by atomic mass is 16.5. The van der Waals surface area contributed by atoms with Crippen molar-refractivity contribution in [1.82, 2.24) is 0 Å². The Kier molecular flexibility index (Phi) is 5.07. The van der Waals surface area contributed by atoms with Crippen molar-refractivity contribution in [3.05, 3.63) is 29.8 Å². The smallest absolute Gasteiger partial charge is 0.302 e. The molecule has 92 valence electrons. The molecule has 17 heavy (non-hydrogen) atoms. The molecule has 1 rings (SSSR count). The summed E-state index contributed by atoms with van der Waals surface area (Å²) in [6, 6.07) is 5.09. The van der Waals surface area contributed by atoms with Gasteiger partial charge in [0.05, 0.1) is 13.7 Å². The number of carbonyl (C=O) groups excluding carboxylic acids is 1. The van der Waals surface area contributed by atoms with Crippen molar-refractivity contribution in [3.8, 4) is 11.5 Å². The Morgan fingerprint density at radius 2 is 2.24 bits per heavy atom. The van der Waals surface area contributed by atoms with Gasteiger partial charge in [-0.2, -0.15) is 0 Å². The van der Waals surface area contributed by atoms with E-state index in [0.717, 1.165) is 5.56 Å². The van der Waals surface area contributed by atoms with E-state index >= 15 is 0 Å². The van der Waals surface area contributed by atoms with Crippen LogP contribution in [0.1, 0.15) is 18.9 Å². The molecule has 1 aromatic carbocycles. The first-order valence-corrected chi connectivity index (χ1v) is 5.30. The number of hydrogen-bond acceptors (Lipinski definition) is 4. The van der Waals surface area contributed by atoms with Gasteiger partial charge in [-0.1, -0.05) is 18.2 Å². The summed E-state index contributed by atoms with van der Waals surface area (Å²) in [5, 5.41) is 9.40. The fraction of sp³-hybridized carbons (Fsp3) is 0.308. The predicted molar refractivity (Wildman–Crippen MR) is 64.9 cm³/mol. The molecule has 0 saturated heterocycles. The molecular formula is C13H16O4. The first-order valence-electron chi connectivity index (χ1n) is 5.30. The van der Waals surface area contributed by atoms with Crippen molar-refractivity contribution in [3.63, 3.8) is 0 Å². The average molecular weight is 236 g/mol. The van der Waals surface area contributed by atoms with E-state index in [1.54, 1.807) is 18.2 Å². The first-order chi connectivity index (χ1) is 8.13. The quantitative estimate of drug-likeness (QED) is 0.630. The number of carbonyl (C=O) groups is 1. The highest BCUT2D eigenvalue weighted by Crippen LogP contribution is 2.26. The van der Waals surface area contributed by atoms with Gasteiger partial charge in [-0.15, -0.1) is 0 Å². The molecule has 0 bridgehead atoms. The van der Waals surface area contributed by atoms with Crippen LogP contribution in [-0.2, 0) is 9.53 Å². The summed E-state index contributed by atoms with van der Waals surface area (Å²) in [6.45, 7) is 1.76. The third-order valence-corrected chi connectivity index (χ3v) is 2.10. The Balaban J connectivity index is 2.50. The van der Waals surface area contributed by atoms with E-state index in [1.807, 2.05) is 12.2 Å². The molecule has 0 fully saturated rings. The number of phenols is 1. The largest absolute Gasteiger partial charge is 0.504 e. The molecule has 0 amide bonds. The van der Waals surface area contributed by atoms with Crippen LogP contribution in [0.4, 0.5) is 0 Å². The summed E-state index contributed by atoms with van der Waals surface area (Å²) in [6.07, 6.45) is 4.43. The molecule has 0 aromatic heterocycles. The molecule has 0 unspecified atom stereocenters. The van der Waals surface area contributed by atoms with Gasteiger partial charge in [0.2, 0.25) is 0 Å². The monoisotopic (exact) mass is 236 g/mol. The molecule has 4 nitrogen and oxygen atoms in total. The average Bonchev–Trinajstić information content (AvgIpc) is 2.30. The number of aromatic hydroxyl groups is 1. The topological polar surface area (TPSA) is 55.8 Å². The van der Waals surface area contributed by atoms with Gasteiger partial charge in [-0.25, -0.2) is 0 Å². The Hall–Kier alpha value is -1.97. The maximum atomic E-state index is 10.5. The molecule has 0 heterocycles. The van der Waals surface area contributed by atoms with Crippen LogP contribution in [0.5, 0.6) is 11.5 Å². The zero-order valence-corrected chi connectivity index (χ0v) is 9.97. The van der Waals surface area contributed by atoms with Crippen molar-refractivity contribution in [1.29, 1.82) is 0 Å². The predicted octanol–water partition coefficient (Wildman–Crippen LogP) is 2.37. The van der Waals surface area contributed by atoms with Crippen LogP contribution >= 0.6 is 0 Å². The summed E-state index contributed by atoms with van der Waals surface area (Å²) in [4.78, 5) is 10.5. The Morgan fingerprint density at radius 1 is 1.47 bits per heavy atom. The number of benzene rings is 1. The number of hydrogen-bond donors (Lipinski definition) is 1. The van der Waals surface area contributed by atoms with Gasteiger partial charge in [0, 0.05) is 6.92 Å². The number of rotatable bonds is 5. The van der Waals surface area contributed by atoms with Gasteiger partial charge in [0.25, 0.3) is 0 Å². The lowest BCUT2D eigenvalue weighted by atomic mass is 10.2. The number of phenolic OH excluding ortho intramolecular Hbond substituents is 1. The zero-order chi connectivity index (χ0) is 12.7. The molecule has 0 radical (unpaired) electrons. The minimum Gasteiger partial charge on any atom is -0.504 e. The van der Waals surface area contributed by atoms with E-state index in [2.05, 4.69) is 0 Å². The zero-order valence-electron chi connectivity index (χ0n) is 9.97.